The molecule has 1 atom stereocenters. The Bertz CT molecular complexity index is 384. The SMILES string of the molecule is CCCc1nc(C(=O)NCCC2CCNC2)n[nH]1. The van der Waals surface area contributed by atoms with Crippen LogP contribution < -0.4 is 10.6 Å². The molecular formula is C12H21N5O. The second-order valence-electron chi connectivity index (χ2n) is 4.76. The van der Waals surface area contributed by atoms with Crippen LogP contribution in [0.1, 0.15) is 42.6 Å². The molecule has 1 fully saturated rings. The predicted molar refractivity (Wildman–Crippen MR) is 68.3 cm³/mol. The fraction of sp³-hybridized carbons (Fsp3) is 0.750. The lowest BCUT2D eigenvalue weighted by Crippen LogP contribution is -2.27. The smallest absolute Gasteiger partial charge is 0.290 e. The summed E-state index contributed by atoms with van der Waals surface area (Å²) in [6.45, 7) is 4.93. The molecule has 6 heteroatoms. The highest BCUT2D eigenvalue weighted by Crippen LogP contribution is 2.10. The number of carbonyl (C=O) groups is 1. The number of nitrogens with one attached hydrogen (secondary N) is 3. The molecule has 18 heavy (non-hydrogen) atoms. The summed E-state index contributed by atoms with van der Waals surface area (Å²) in [5.74, 6) is 1.54. The molecule has 1 aromatic heterocycles. The van der Waals surface area contributed by atoms with Crippen LogP contribution in [0.25, 0.3) is 0 Å². The molecule has 1 aromatic rings. The van der Waals surface area contributed by atoms with Crippen LogP contribution in [-0.2, 0) is 6.42 Å². The highest BCUT2D eigenvalue weighted by Gasteiger charge is 2.15. The molecule has 1 aliphatic heterocycles. The van der Waals surface area contributed by atoms with E-state index in [0.717, 1.165) is 38.2 Å². The topological polar surface area (TPSA) is 82.7 Å². The summed E-state index contributed by atoms with van der Waals surface area (Å²) in [5, 5.41) is 12.9. The van der Waals surface area contributed by atoms with Crippen LogP contribution in [0.3, 0.4) is 0 Å². The number of carbonyl (C=O) groups excluding carboxylic acids is 1. The molecule has 3 N–H and O–H groups in total. The average molecular weight is 251 g/mol. The minimum Gasteiger partial charge on any atom is -0.349 e. The highest BCUT2D eigenvalue weighted by molar-refractivity contribution is 5.90. The van der Waals surface area contributed by atoms with Gasteiger partial charge in [0.2, 0.25) is 5.82 Å². The normalized spacial score (nSPS) is 19.1. The Hall–Kier alpha value is -1.43. The summed E-state index contributed by atoms with van der Waals surface area (Å²) < 4.78 is 0. The van der Waals surface area contributed by atoms with Gasteiger partial charge in [-0.2, -0.15) is 0 Å². The van der Waals surface area contributed by atoms with Gasteiger partial charge in [0.1, 0.15) is 5.82 Å². The van der Waals surface area contributed by atoms with Gasteiger partial charge in [0, 0.05) is 13.0 Å². The maximum Gasteiger partial charge on any atom is 0.290 e. The van der Waals surface area contributed by atoms with E-state index in [1.807, 2.05) is 0 Å². The second kappa shape index (κ2) is 6.49. The maximum atomic E-state index is 11.8. The van der Waals surface area contributed by atoms with Crippen molar-refractivity contribution in [2.45, 2.75) is 32.6 Å². The number of hydrogen-bond acceptors (Lipinski definition) is 4. The molecule has 0 bridgehead atoms. The van der Waals surface area contributed by atoms with Gasteiger partial charge in [-0.25, -0.2) is 4.98 Å². The van der Waals surface area contributed by atoms with E-state index in [2.05, 4.69) is 32.7 Å². The van der Waals surface area contributed by atoms with Gasteiger partial charge in [-0.05, 0) is 38.3 Å². The molecule has 2 rings (SSSR count). The van der Waals surface area contributed by atoms with Crippen molar-refractivity contribution in [3.63, 3.8) is 0 Å². The van der Waals surface area contributed by atoms with Gasteiger partial charge in [0.25, 0.3) is 5.91 Å². The van der Waals surface area contributed by atoms with Gasteiger partial charge in [0.15, 0.2) is 0 Å². The summed E-state index contributed by atoms with van der Waals surface area (Å²) in [6, 6.07) is 0. The Morgan fingerprint density at radius 3 is 3.17 bits per heavy atom. The van der Waals surface area contributed by atoms with Crippen molar-refractivity contribution in [3.8, 4) is 0 Å². The van der Waals surface area contributed by atoms with Crippen molar-refractivity contribution >= 4 is 5.91 Å². The second-order valence-corrected chi connectivity index (χ2v) is 4.76. The van der Waals surface area contributed by atoms with Crippen LogP contribution in [0.5, 0.6) is 0 Å². The van der Waals surface area contributed by atoms with Crippen LogP contribution in [0, 0.1) is 5.92 Å². The van der Waals surface area contributed by atoms with E-state index < -0.39 is 0 Å². The Morgan fingerprint density at radius 2 is 2.44 bits per heavy atom. The zero-order valence-electron chi connectivity index (χ0n) is 10.8. The van der Waals surface area contributed by atoms with Gasteiger partial charge in [-0.15, -0.1) is 5.10 Å². The molecular weight excluding hydrogens is 230 g/mol. The molecule has 6 nitrogen and oxygen atoms in total. The number of rotatable bonds is 6. The largest absolute Gasteiger partial charge is 0.349 e. The first-order chi connectivity index (χ1) is 8.79. The predicted octanol–water partition coefficient (Wildman–Crippen LogP) is 0.487. The first kappa shape index (κ1) is 13.0. The van der Waals surface area contributed by atoms with Gasteiger partial charge >= 0.3 is 0 Å². The molecule has 0 spiro atoms. The number of aromatic nitrogens is 3. The summed E-state index contributed by atoms with van der Waals surface area (Å²) >= 11 is 0. The molecule has 0 aliphatic carbocycles. The van der Waals surface area contributed by atoms with Gasteiger partial charge in [-0.1, -0.05) is 6.92 Å². The van der Waals surface area contributed by atoms with Crippen molar-refractivity contribution in [1.82, 2.24) is 25.8 Å². The number of aromatic amines is 1. The van der Waals surface area contributed by atoms with Gasteiger partial charge < -0.3 is 10.6 Å². The van der Waals surface area contributed by atoms with Crippen molar-refractivity contribution < 1.29 is 4.79 Å². The quantitative estimate of drug-likeness (QED) is 0.687. The molecule has 1 aliphatic rings. The van der Waals surface area contributed by atoms with E-state index >= 15 is 0 Å². The third-order valence-corrected chi connectivity index (χ3v) is 3.22. The zero-order chi connectivity index (χ0) is 12.8. The molecule has 0 saturated carbocycles. The minimum atomic E-state index is -0.181. The minimum absolute atomic E-state index is 0.181. The Kier molecular flexibility index (Phi) is 4.69. The van der Waals surface area contributed by atoms with E-state index in [0.29, 0.717) is 12.5 Å². The van der Waals surface area contributed by atoms with Crippen LogP contribution in [0.2, 0.25) is 0 Å². The lowest BCUT2D eigenvalue weighted by molar-refractivity contribution is 0.0941. The standard InChI is InChI=1S/C12H21N5O/c1-2-3-10-15-11(17-16-10)12(18)14-7-5-9-4-6-13-8-9/h9,13H,2-8H2,1H3,(H,14,18)(H,15,16,17). The molecule has 1 amide bonds. The molecule has 1 unspecified atom stereocenters. The molecule has 1 saturated heterocycles. The maximum absolute atomic E-state index is 11.8. The monoisotopic (exact) mass is 251 g/mol. The molecule has 2 heterocycles. The van der Waals surface area contributed by atoms with Crippen LogP contribution in [0.4, 0.5) is 0 Å². The third kappa shape index (κ3) is 3.53. The van der Waals surface area contributed by atoms with Gasteiger partial charge in [-0.3, -0.25) is 9.89 Å². The summed E-state index contributed by atoms with van der Waals surface area (Å²) in [7, 11) is 0. The highest BCUT2D eigenvalue weighted by atomic mass is 16.2. The molecule has 0 radical (unpaired) electrons. The Balaban J connectivity index is 1.72. The summed E-state index contributed by atoms with van der Waals surface area (Å²) in [5.41, 5.74) is 0. The van der Waals surface area contributed by atoms with Crippen molar-refractivity contribution in [3.05, 3.63) is 11.6 Å². The van der Waals surface area contributed by atoms with Crippen molar-refractivity contribution in [2.24, 2.45) is 5.92 Å². The number of aryl methyl sites for hydroxylation is 1. The van der Waals surface area contributed by atoms with E-state index in [4.69, 9.17) is 0 Å². The number of H-pyrrole nitrogens is 1. The fourth-order valence-corrected chi connectivity index (χ4v) is 2.18. The van der Waals surface area contributed by atoms with Crippen molar-refractivity contribution in [2.75, 3.05) is 19.6 Å². The first-order valence-electron chi connectivity index (χ1n) is 6.69. The lowest BCUT2D eigenvalue weighted by atomic mass is 10.1. The molecule has 100 valence electrons. The zero-order valence-corrected chi connectivity index (χ0v) is 10.8. The third-order valence-electron chi connectivity index (χ3n) is 3.22. The van der Waals surface area contributed by atoms with Gasteiger partial charge in [0.05, 0.1) is 0 Å². The van der Waals surface area contributed by atoms with Crippen LogP contribution in [0.15, 0.2) is 0 Å². The number of nitrogens with zero attached hydrogens (tertiary/aromatic N) is 2. The lowest BCUT2D eigenvalue weighted by Gasteiger charge is -2.07. The molecule has 0 aromatic carbocycles. The van der Waals surface area contributed by atoms with E-state index in [1.165, 1.54) is 6.42 Å². The van der Waals surface area contributed by atoms with E-state index in [-0.39, 0.29) is 11.7 Å². The Labute approximate surface area is 107 Å². The summed E-state index contributed by atoms with van der Waals surface area (Å²) in [4.78, 5) is 15.9. The average Bonchev–Trinajstić information content (AvgIpc) is 3.00. The number of amides is 1. The van der Waals surface area contributed by atoms with Crippen LogP contribution in [-0.4, -0.2) is 40.7 Å². The van der Waals surface area contributed by atoms with E-state index in [9.17, 15) is 4.79 Å². The Morgan fingerprint density at radius 1 is 1.56 bits per heavy atom. The first-order valence-corrected chi connectivity index (χ1v) is 6.69. The van der Waals surface area contributed by atoms with Crippen LogP contribution >= 0.6 is 0 Å². The number of hydrogen-bond donors (Lipinski definition) is 3. The van der Waals surface area contributed by atoms with Crippen molar-refractivity contribution in [1.29, 1.82) is 0 Å². The van der Waals surface area contributed by atoms with E-state index in [1.54, 1.807) is 0 Å². The fourth-order valence-electron chi connectivity index (χ4n) is 2.18. The summed E-state index contributed by atoms with van der Waals surface area (Å²) in [6.07, 6.45) is 4.04.